The number of nitrogens with one attached hydrogen (secondary N) is 2. The third-order valence-electron chi connectivity index (χ3n) is 2.91. The minimum atomic E-state index is -4.20. The number of carbonyl (C=O) groups is 1. The highest BCUT2D eigenvalue weighted by Crippen LogP contribution is 2.29. The van der Waals surface area contributed by atoms with Crippen LogP contribution < -0.4 is 10.6 Å². The highest BCUT2D eigenvalue weighted by atomic mass is 32.2. The Morgan fingerprint density at radius 2 is 2.00 bits per heavy atom. The summed E-state index contributed by atoms with van der Waals surface area (Å²) in [7, 11) is 0. The maximum Gasteiger partial charge on any atom is 0.441 e. The van der Waals surface area contributed by atoms with Crippen LogP contribution in [-0.4, -0.2) is 35.8 Å². The van der Waals surface area contributed by atoms with E-state index in [0.29, 0.717) is 0 Å². The predicted octanol–water partition coefficient (Wildman–Crippen LogP) is 2.28. The molecule has 1 atom stereocenters. The highest BCUT2D eigenvalue weighted by molar-refractivity contribution is 8.00. The van der Waals surface area contributed by atoms with Crippen molar-refractivity contribution >= 4 is 17.7 Å². The molecule has 1 amide bonds. The first kappa shape index (κ1) is 15.6. The lowest BCUT2D eigenvalue weighted by Crippen LogP contribution is -2.46. The van der Waals surface area contributed by atoms with Crippen molar-refractivity contribution in [2.75, 3.05) is 12.3 Å². The molecule has 1 unspecified atom stereocenters. The number of thioether (sulfide) groups is 1. The van der Waals surface area contributed by atoms with E-state index in [1.54, 1.807) is 6.92 Å². The van der Waals surface area contributed by atoms with Crippen LogP contribution in [0.4, 0.5) is 13.2 Å². The lowest BCUT2D eigenvalue weighted by atomic mass is 10.2. The van der Waals surface area contributed by atoms with E-state index in [4.69, 9.17) is 0 Å². The Bertz CT molecular complexity index is 268. The lowest BCUT2D eigenvalue weighted by molar-refractivity contribution is -0.123. The molecule has 0 saturated heterocycles. The van der Waals surface area contributed by atoms with Crippen LogP contribution >= 0.6 is 11.8 Å². The zero-order valence-electron chi connectivity index (χ0n) is 10.3. The number of hydrogen-bond acceptors (Lipinski definition) is 3. The largest absolute Gasteiger partial charge is 0.441 e. The van der Waals surface area contributed by atoms with E-state index in [9.17, 15) is 18.0 Å². The van der Waals surface area contributed by atoms with E-state index < -0.39 is 11.6 Å². The van der Waals surface area contributed by atoms with Crippen molar-refractivity contribution < 1.29 is 18.0 Å². The monoisotopic (exact) mass is 284 g/mol. The molecular weight excluding hydrogens is 265 g/mol. The van der Waals surface area contributed by atoms with Crippen LogP contribution in [0.1, 0.15) is 32.6 Å². The molecule has 1 fully saturated rings. The molecule has 0 aromatic heterocycles. The molecule has 0 aliphatic heterocycles. The van der Waals surface area contributed by atoms with E-state index >= 15 is 0 Å². The maximum atomic E-state index is 11.9. The van der Waals surface area contributed by atoms with Gasteiger partial charge in [0.2, 0.25) is 5.91 Å². The van der Waals surface area contributed by atoms with Crippen LogP contribution in [0.15, 0.2) is 0 Å². The summed E-state index contributed by atoms with van der Waals surface area (Å²) in [5.74, 6) is -0.205. The molecule has 0 radical (unpaired) electrons. The number of carbonyl (C=O) groups excluding carboxylic acids is 1. The molecule has 0 bridgehead atoms. The van der Waals surface area contributed by atoms with Crippen molar-refractivity contribution in [1.82, 2.24) is 10.6 Å². The summed E-state index contributed by atoms with van der Waals surface area (Å²) >= 11 is -0.0740. The first-order valence-electron chi connectivity index (χ1n) is 6.13. The molecule has 0 aromatic rings. The number of amides is 1. The second-order valence-electron chi connectivity index (χ2n) is 4.46. The SMILES string of the molecule is CC(NCCSC(F)(F)F)C(=O)NC1CCCC1. The molecule has 106 valence electrons. The molecule has 3 nitrogen and oxygen atoms in total. The van der Waals surface area contributed by atoms with Crippen LogP contribution in [0.25, 0.3) is 0 Å². The molecule has 1 aliphatic rings. The van der Waals surface area contributed by atoms with Crippen molar-refractivity contribution in [3.63, 3.8) is 0 Å². The molecule has 1 aliphatic carbocycles. The summed E-state index contributed by atoms with van der Waals surface area (Å²) < 4.78 is 35.6. The number of alkyl halides is 3. The maximum absolute atomic E-state index is 11.9. The summed E-state index contributed by atoms with van der Waals surface area (Å²) in [5.41, 5.74) is -4.20. The summed E-state index contributed by atoms with van der Waals surface area (Å²) in [5, 5.41) is 5.70. The van der Waals surface area contributed by atoms with Gasteiger partial charge in [-0.15, -0.1) is 0 Å². The van der Waals surface area contributed by atoms with Crippen LogP contribution in [0.2, 0.25) is 0 Å². The first-order chi connectivity index (χ1) is 8.38. The standard InChI is InChI=1S/C11H19F3N2OS/c1-8(15-6-7-18-11(12,13)14)10(17)16-9-4-2-3-5-9/h8-9,15H,2-7H2,1H3,(H,16,17). The molecule has 1 saturated carbocycles. The van der Waals surface area contributed by atoms with Crippen molar-refractivity contribution in [3.8, 4) is 0 Å². The quantitative estimate of drug-likeness (QED) is 0.735. The third kappa shape index (κ3) is 6.49. The summed E-state index contributed by atoms with van der Waals surface area (Å²) in [4.78, 5) is 11.7. The molecule has 18 heavy (non-hydrogen) atoms. The lowest BCUT2D eigenvalue weighted by Gasteiger charge is -2.17. The number of halogens is 3. The second-order valence-corrected chi connectivity index (χ2v) is 5.62. The zero-order valence-corrected chi connectivity index (χ0v) is 11.2. The summed E-state index contributed by atoms with van der Waals surface area (Å²) in [6, 6.07) is -0.203. The molecule has 0 spiro atoms. The first-order valence-corrected chi connectivity index (χ1v) is 7.11. The van der Waals surface area contributed by atoms with Gasteiger partial charge in [0.15, 0.2) is 0 Å². The van der Waals surface area contributed by atoms with Gasteiger partial charge in [0, 0.05) is 18.3 Å². The van der Waals surface area contributed by atoms with Gasteiger partial charge < -0.3 is 10.6 Å². The Labute approximate surface area is 109 Å². The number of hydrogen-bond donors (Lipinski definition) is 2. The molecule has 0 heterocycles. The topological polar surface area (TPSA) is 41.1 Å². The van der Waals surface area contributed by atoms with E-state index in [1.165, 1.54) is 0 Å². The zero-order chi connectivity index (χ0) is 13.6. The number of rotatable bonds is 6. The fraction of sp³-hybridized carbons (Fsp3) is 0.909. The Morgan fingerprint density at radius 1 is 1.39 bits per heavy atom. The molecular formula is C11H19F3N2OS. The predicted molar refractivity (Wildman–Crippen MR) is 66.4 cm³/mol. The van der Waals surface area contributed by atoms with Gasteiger partial charge in [-0.1, -0.05) is 12.8 Å². The second kappa shape index (κ2) is 7.23. The van der Waals surface area contributed by atoms with Crippen LogP contribution in [0.3, 0.4) is 0 Å². The van der Waals surface area contributed by atoms with Gasteiger partial charge in [-0.05, 0) is 31.5 Å². The fourth-order valence-corrected chi connectivity index (χ4v) is 2.38. The van der Waals surface area contributed by atoms with Crippen LogP contribution in [0.5, 0.6) is 0 Å². The Kier molecular flexibility index (Phi) is 6.28. The smallest absolute Gasteiger partial charge is 0.352 e. The minimum Gasteiger partial charge on any atom is -0.352 e. The summed E-state index contributed by atoms with van der Waals surface area (Å²) in [6.07, 6.45) is 4.27. The van der Waals surface area contributed by atoms with Crippen molar-refractivity contribution in [2.45, 2.75) is 50.2 Å². The molecule has 7 heteroatoms. The van der Waals surface area contributed by atoms with Crippen molar-refractivity contribution in [3.05, 3.63) is 0 Å². The van der Waals surface area contributed by atoms with Crippen LogP contribution in [-0.2, 0) is 4.79 Å². The highest BCUT2D eigenvalue weighted by Gasteiger charge is 2.27. The van der Waals surface area contributed by atoms with Gasteiger partial charge in [0.25, 0.3) is 0 Å². The minimum absolute atomic E-state index is 0.0740. The fourth-order valence-electron chi connectivity index (χ4n) is 1.93. The van der Waals surface area contributed by atoms with E-state index in [2.05, 4.69) is 10.6 Å². The van der Waals surface area contributed by atoms with Gasteiger partial charge in [0.1, 0.15) is 0 Å². The van der Waals surface area contributed by atoms with Crippen molar-refractivity contribution in [2.24, 2.45) is 0 Å². The molecule has 2 N–H and O–H groups in total. The normalized spacial score (nSPS) is 18.9. The third-order valence-corrected chi connectivity index (χ3v) is 3.65. The van der Waals surface area contributed by atoms with Gasteiger partial charge in [-0.25, -0.2) is 0 Å². The Hall–Kier alpha value is -0.430. The van der Waals surface area contributed by atoms with E-state index in [0.717, 1.165) is 25.7 Å². The van der Waals surface area contributed by atoms with Gasteiger partial charge in [-0.2, -0.15) is 13.2 Å². The van der Waals surface area contributed by atoms with Gasteiger partial charge in [-0.3, -0.25) is 4.79 Å². The molecule has 1 rings (SSSR count). The average Bonchev–Trinajstić information content (AvgIpc) is 2.75. The van der Waals surface area contributed by atoms with Gasteiger partial charge >= 0.3 is 5.51 Å². The Balaban J connectivity index is 2.11. The van der Waals surface area contributed by atoms with E-state index in [1.807, 2.05) is 0 Å². The average molecular weight is 284 g/mol. The Morgan fingerprint density at radius 3 is 2.56 bits per heavy atom. The van der Waals surface area contributed by atoms with Gasteiger partial charge in [0.05, 0.1) is 6.04 Å². The molecule has 0 aromatic carbocycles. The van der Waals surface area contributed by atoms with Crippen LogP contribution in [0, 0.1) is 0 Å². The van der Waals surface area contributed by atoms with E-state index in [-0.39, 0.29) is 36.0 Å². The van der Waals surface area contributed by atoms with Crippen molar-refractivity contribution in [1.29, 1.82) is 0 Å². The summed E-state index contributed by atoms with van der Waals surface area (Å²) in [6.45, 7) is 1.84.